The molecule has 104 valence electrons. The Hall–Kier alpha value is -0.0900. The summed E-state index contributed by atoms with van der Waals surface area (Å²) in [5.41, 5.74) is -2.07. The predicted octanol–water partition coefficient (Wildman–Crippen LogP) is -3.08. The second kappa shape index (κ2) is 6.19. The first-order valence-electron chi connectivity index (χ1n) is 4.59. The van der Waals surface area contributed by atoms with Crippen molar-refractivity contribution < 1.29 is 44.4 Å². The van der Waals surface area contributed by atoms with Crippen molar-refractivity contribution in [3.05, 3.63) is 0 Å². The zero-order valence-electron chi connectivity index (χ0n) is 9.04. The van der Waals surface area contributed by atoms with Crippen LogP contribution in [0.5, 0.6) is 0 Å². The lowest BCUT2D eigenvalue weighted by atomic mass is 9.93. The average Bonchev–Trinajstić information content (AvgIpc) is 2.22. The Morgan fingerprint density at radius 1 is 1.29 bits per heavy atom. The first kappa shape index (κ1) is 16.9. The molecule has 0 unspecified atom stereocenters. The molecule has 0 bridgehead atoms. The molecule has 0 radical (unpaired) electrons. The second-order valence-corrected chi connectivity index (χ2v) is 5.04. The lowest BCUT2D eigenvalue weighted by molar-refractivity contribution is -0.163. The van der Waals surface area contributed by atoms with Gasteiger partial charge in [-0.1, -0.05) is 0 Å². The van der Waals surface area contributed by atoms with E-state index >= 15 is 0 Å². The Morgan fingerprint density at radius 2 is 1.76 bits per heavy atom. The molecule has 0 fully saturated rings. The highest BCUT2D eigenvalue weighted by atomic mass is 31.2. The van der Waals surface area contributed by atoms with Crippen LogP contribution in [0.2, 0.25) is 0 Å². The normalized spacial score (nSPS) is 21.6. The third-order valence-electron chi connectivity index (χ3n) is 2.09. The van der Waals surface area contributed by atoms with E-state index in [0.717, 1.165) is 6.92 Å². The molecule has 0 spiro atoms. The van der Waals surface area contributed by atoms with E-state index in [0.29, 0.717) is 0 Å². The summed E-state index contributed by atoms with van der Waals surface area (Å²) >= 11 is 0. The maximum atomic E-state index is 10.3. The molecule has 0 heterocycles. The van der Waals surface area contributed by atoms with Crippen molar-refractivity contribution in [3.63, 3.8) is 0 Å². The first-order valence-corrected chi connectivity index (χ1v) is 6.12. The van der Waals surface area contributed by atoms with Crippen LogP contribution in [0, 0.1) is 0 Å². The molecule has 9 nitrogen and oxygen atoms in total. The van der Waals surface area contributed by atoms with Gasteiger partial charge in [-0.15, -0.1) is 0 Å². The lowest BCUT2D eigenvalue weighted by Crippen LogP contribution is -2.54. The smallest absolute Gasteiger partial charge is 0.393 e. The molecule has 0 aromatic rings. The molecule has 0 aliphatic heterocycles. The molecule has 17 heavy (non-hydrogen) atoms. The summed E-state index contributed by atoms with van der Waals surface area (Å²) in [5, 5.41) is 46.0. The minimum absolute atomic E-state index is 0.878. The quantitative estimate of drug-likeness (QED) is 0.238. The lowest BCUT2D eigenvalue weighted by Gasteiger charge is -2.32. The minimum Gasteiger partial charge on any atom is -0.393 e. The van der Waals surface area contributed by atoms with Gasteiger partial charge in [0.1, 0.15) is 23.9 Å². The Labute approximate surface area is 97.2 Å². The van der Waals surface area contributed by atoms with E-state index in [1.807, 2.05) is 0 Å². The van der Waals surface area contributed by atoms with Gasteiger partial charge >= 0.3 is 7.82 Å². The molecule has 0 saturated carbocycles. The molecular weight excluding hydrogens is 259 g/mol. The zero-order valence-corrected chi connectivity index (χ0v) is 9.93. The number of aliphatic hydroxyl groups is 5. The van der Waals surface area contributed by atoms with Crippen LogP contribution in [0.1, 0.15) is 6.92 Å². The summed E-state index contributed by atoms with van der Waals surface area (Å²) in [4.78, 5) is 16.7. The van der Waals surface area contributed by atoms with E-state index in [1.54, 1.807) is 0 Å². The van der Waals surface area contributed by atoms with Crippen LogP contribution in [-0.4, -0.2) is 72.4 Å². The van der Waals surface area contributed by atoms with Crippen LogP contribution in [-0.2, 0) is 9.09 Å². The van der Waals surface area contributed by atoms with Gasteiger partial charge in [0.15, 0.2) is 0 Å². The fraction of sp³-hybridized carbons (Fsp3) is 1.00. The topological polar surface area (TPSA) is 168 Å². The van der Waals surface area contributed by atoms with E-state index < -0.39 is 44.9 Å². The summed E-state index contributed by atoms with van der Waals surface area (Å²) in [6, 6.07) is 0. The number of aliphatic hydroxyl groups excluding tert-OH is 4. The summed E-state index contributed by atoms with van der Waals surface area (Å²) in [6.07, 6.45) is -5.69. The number of hydrogen-bond donors (Lipinski definition) is 7. The third-order valence-corrected chi connectivity index (χ3v) is 2.57. The predicted molar refractivity (Wildman–Crippen MR) is 53.7 cm³/mol. The van der Waals surface area contributed by atoms with Crippen molar-refractivity contribution in [1.82, 2.24) is 0 Å². The van der Waals surface area contributed by atoms with Gasteiger partial charge in [-0.3, -0.25) is 4.52 Å². The van der Waals surface area contributed by atoms with Crippen LogP contribution in [0.25, 0.3) is 0 Å². The Balaban J connectivity index is 4.40. The molecule has 0 aliphatic carbocycles. The molecular formula is C7H17O9P. The van der Waals surface area contributed by atoms with E-state index in [9.17, 15) is 25.0 Å². The van der Waals surface area contributed by atoms with Crippen molar-refractivity contribution in [2.24, 2.45) is 0 Å². The maximum Gasteiger partial charge on any atom is 0.469 e. The molecule has 0 saturated heterocycles. The number of phosphoric ester groups is 1. The molecule has 0 aromatic carbocycles. The van der Waals surface area contributed by atoms with Gasteiger partial charge < -0.3 is 35.3 Å². The minimum atomic E-state index is -4.80. The molecule has 7 N–H and O–H groups in total. The van der Waals surface area contributed by atoms with E-state index in [1.165, 1.54) is 0 Å². The number of hydrogen-bond acceptors (Lipinski definition) is 7. The summed E-state index contributed by atoms with van der Waals surface area (Å²) in [5.74, 6) is 0. The van der Waals surface area contributed by atoms with Gasteiger partial charge in [0.05, 0.1) is 13.2 Å². The van der Waals surface area contributed by atoms with Crippen LogP contribution in [0.15, 0.2) is 0 Å². The fourth-order valence-corrected chi connectivity index (χ4v) is 1.29. The van der Waals surface area contributed by atoms with Gasteiger partial charge in [-0.2, -0.15) is 0 Å². The Kier molecular flexibility index (Phi) is 6.15. The molecule has 0 aliphatic rings. The van der Waals surface area contributed by atoms with E-state index in [2.05, 4.69) is 4.52 Å². The summed E-state index contributed by atoms with van der Waals surface area (Å²) in [7, 11) is -4.80. The number of phosphoric acid groups is 1. The molecule has 0 aromatic heterocycles. The number of rotatable bonds is 7. The third kappa shape index (κ3) is 5.87. The highest BCUT2D eigenvalue weighted by Gasteiger charge is 2.39. The van der Waals surface area contributed by atoms with Gasteiger partial charge in [0.25, 0.3) is 0 Å². The highest BCUT2D eigenvalue weighted by molar-refractivity contribution is 7.46. The SMILES string of the molecule is C[C@](O)(CO)[C@@H](O)[C@H](O)[C@H](O)COP(=O)(O)O. The molecule has 0 amide bonds. The molecule has 10 heteroatoms. The molecule has 0 rings (SSSR count). The largest absolute Gasteiger partial charge is 0.469 e. The summed E-state index contributed by atoms with van der Waals surface area (Å²) < 4.78 is 14.2. The van der Waals surface area contributed by atoms with Gasteiger partial charge in [0, 0.05) is 0 Å². The zero-order chi connectivity index (χ0) is 13.9. The van der Waals surface area contributed by atoms with Crippen molar-refractivity contribution in [2.45, 2.75) is 30.8 Å². The second-order valence-electron chi connectivity index (χ2n) is 3.80. The van der Waals surface area contributed by atoms with Crippen LogP contribution < -0.4 is 0 Å². The van der Waals surface area contributed by atoms with Gasteiger partial charge in [-0.25, -0.2) is 4.57 Å². The monoisotopic (exact) mass is 276 g/mol. The Morgan fingerprint density at radius 3 is 2.12 bits per heavy atom. The standard InChI is InChI=1S/C7H17O9P/c1-7(12,3-8)6(11)5(10)4(9)2-16-17(13,14)15/h4-6,8-12H,2-3H2,1H3,(H2,13,14,15)/t4-,5-,6+,7+/m1/s1. The Bertz CT molecular complexity index is 275. The van der Waals surface area contributed by atoms with Crippen molar-refractivity contribution in [3.8, 4) is 0 Å². The first-order chi connectivity index (χ1) is 7.51. The van der Waals surface area contributed by atoms with Gasteiger partial charge in [-0.05, 0) is 6.92 Å². The van der Waals surface area contributed by atoms with Gasteiger partial charge in [0.2, 0.25) is 0 Å². The average molecular weight is 276 g/mol. The maximum absolute atomic E-state index is 10.3. The van der Waals surface area contributed by atoms with Crippen LogP contribution >= 0.6 is 7.82 Å². The van der Waals surface area contributed by atoms with Crippen molar-refractivity contribution in [2.75, 3.05) is 13.2 Å². The highest BCUT2D eigenvalue weighted by Crippen LogP contribution is 2.36. The van der Waals surface area contributed by atoms with Crippen LogP contribution in [0.4, 0.5) is 0 Å². The van der Waals surface area contributed by atoms with E-state index in [4.69, 9.17) is 14.9 Å². The van der Waals surface area contributed by atoms with Crippen molar-refractivity contribution in [1.29, 1.82) is 0 Å². The molecule has 4 atom stereocenters. The van der Waals surface area contributed by atoms with E-state index in [-0.39, 0.29) is 0 Å². The van der Waals surface area contributed by atoms with Crippen LogP contribution in [0.3, 0.4) is 0 Å². The van der Waals surface area contributed by atoms with Crippen molar-refractivity contribution >= 4 is 7.82 Å². The fourth-order valence-electron chi connectivity index (χ4n) is 0.944. The summed E-state index contributed by atoms with van der Waals surface area (Å²) in [6.45, 7) is -0.807.